The van der Waals surface area contributed by atoms with Crippen LogP contribution in [0.1, 0.15) is 30.9 Å². The van der Waals surface area contributed by atoms with E-state index in [1.807, 2.05) is 55.5 Å². The predicted molar refractivity (Wildman–Crippen MR) is 89.7 cm³/mol. The Morgan fingerprint density at radius 2 is 1.59 bits per heavy atom. The highest BCUT2D eigenvalue weighted by Crippen LogP contribution is 2.08. The molecule has 0 saturated heterocycles. The van der Waals surface area contributed by atoms with Crippen molar-refractivity contribution in [1.29, 1.82) is 0 Å². The monoisotopic (exact) mass is 297 g/mol. The second kappa shape index (κ2) is 9.00. The molecule has 2 aromatic rings. The van der Waals surface area contributed by atoms with Crippen LogP contribution in [-0.2, 0) is 17.9 Å². The molecule has 1 N–H and O–H groups in total. The minimum Gasteiger partial charge on any atom is -0.393 e. The fourth-order valence-corrected chi connectivity index (χ4v) is 2.25. The number of aryl methyl sites for hydroxylation is 1. The first-order valence-corrected chi connectivity index (χ1v) is 7.65. The van der Waals surface area contributed by atoms with Crippen molar-refractivity contribution in [1.82, 2.24) is 0 Å². The van der Waals surface area contributed by atoms with Crippen LogP contribution in [-0.4, -0.2) is 16.9 Å². The smallest absolute Gasteiger partial charge is 0.142 e. The molecule has 0 amide bonds. The topological polar surface area (TPSA) is 41.8 Å². The molecule has 2 rings (SSSR count). The van der Waals surface area contributed by atoms with E-state index in [2.05, 4.69) is 17.3 Å². The quantitative estimate of drug-likeness (QED) is 0.592. The maximum atomic E-state index is 10.1. The number of aliphatic hydroxyl groups is 1. The van der Waals surface area contributed by atoms with Crippen molar-refractivity contribution in [3.8, 4) is 0 Å². The molecule has 116 valence electrons. The van der Waals surface area contributed by atoms with Crippen molar-refractivity contribution >= 4 is 5.71 Å². The molecule has 0 aliphatic heterocycles. The average molecular weight is 297 g/mol. The zero-order chi connectivity index (χ0) is 15.6. The van der Waals surface area contributed by atoms with E-state index >= 15 is 0 Å². The molecule has 0 spiro atoms. The van der Waals surface area contributed by atoms with Gasteiger partial charge in [-0.3, -0.25) is 0 Å². The Morgan fingerprint density at radius 1 is 1.00 bits per heavy atom. The normalized spacial score (nSPS) is 12.9. The molecule has 2 aromatic carbocycles. The van der Waals surface area contributed by atoms with Gasteiger partial charge in [-0.15, -0.1) is 0 Å². The molecule has 0 radical (unpaired) electrons. The highest BCUT2D eigenvalue weighted by molar-refractivity contribution is 5.81. The van der Waals surface area contributed by atoms with Gasteiger partial charge >= 0.3 is 0 Å². The minimum atomic E-state index is -0.385. The summed E-state index contributed by atoms with van der Waals surface area (Å²) in [7, 11) is 0. The van der Waals surface area contributed by atoms with Crippen LogP contribution < -0.4 is 0 Å². The van der Waals surface area contributed by atoms with Crippen LogP contribution in [0.3, 0.4) is 0 Å². The second-order valence-corrected chi connectivity index (χ2v) is 5.47. The van der Waals surface area contributed by atoms with E-state index in [0.717, 1.165) is 24.1 Å². The van der Waals surface area contributed by atoms with Gasteiger partial charge in [0.2, 0.25) is 0 Å². The lowest BCUT2D eigenvalue weighted by Crippen LogP contribution is -2.12. The summed E-state index contributed by atoms with van der Waals surface area (Å²) in [6.45, 7) is 2.34. The number of hydrogen-bond donors (Lipinski definition) is 1. The van der Waals surface area contributed by atoms with Crippen LogP contribution >= 0.6 is 0 Å². The average Bonchev–Trinajstić information content (AvgIpc) is 2.55. The van der Waals surface area contributed by atoms with Gasteiger partial charge in [0.05, 0.1) is 11.8 Å². The van der Waals surface area contributed by atoms with Gasteiger partial charge in [-0.2, -0.15) is 0 Å². The molecule has 1 atom stereocenters. The molecular weight excluding hydrogens is 274 g/mol. The summed E-state index contributed by atoms with van der Waals surface area (Å²) in [5.41, 5.74) is 3.15. The standard InChI is InChI=1S/C19H23NO2/c1-16(20-22-15-18-10-6-3-7-11-18)14-19(21)13-12-17-8-4-2-5-9-17/h2-11,19,21H,12-15H2,1H3/b20-16+. The fourth-order valence-electron chi connectivity index (χ4n) is 2.25. The number of benzene rings is 2. The van der Waals surface area contributed by atoms with Crippen molar-refractivity contribution < 1.29 is 9.94 Å². The third-order valence-corrected chi connectivity index (χ3v) is 3.43. The molecule has 0 saturated carbocycles. The van der Waals surface area contributed by atoms with E-state index in [1.54, 1.807) is 0 Å². The number of aliphatic hydroxyl groups excluding tert-OH is 1. The van der Waals surface area contributed by atoms with Gasteiger partial charge in [0, 0.05) is 6.42 Å². The molecule has 22 heavy (non-hydrogen) atoms. The Kier molecular flexibility index (Phi) is 6.65. The molecule has 0 bridgehead atoms. The predicted octanol–water partition coefficient (Wildman–Crippen LogP) is 3.96. The van der Waals surface area contributed by atoms with Crippen LogP contribution in [0.5, 0.6) is 0 Å². The van der Waals surface area contributed by atoms with E-state index in [4.69, 9.17) is 4.84 Å². The lowest BCUT2D eigenvalue weighted by Gasteiger charge is -2.10. The maximum Gasteiger partial charge on any atom is 0.142 e. The second-order valence-electron chi connectivity index (χ2n) is 5.47. The number of oxime groups is 1. The van der Waals surface area contributed by atoms with Crippen LogP contribution in [0.15, 0.2) is 65.8 Å². The van der Waals surface area contributed by atoms with Gasteiger partial charge in [0.1, 0.15) is 6.61 Å². The molecule has 0 aliphatic carbocycles. The third-order valence-electron chi connectivity index (χ3n) is 3.43. The van der Waals surface area contributed by atoms with Crippen molar-refractivity contribution in [3.63, 3.8) is 0 Å². The van der Waals surface area contributed by atoms with E-state index in [1.165, 1.54) is 5.56 Å². The summed E-state index contributed by atoms with van der Waals surface area (Å²) in [6, 6.07) is 20.1. The largest absolute Gasteiger partial charge is 0.393 e. The van der Waals surface area contributed by atoms with Crippen molar-refractivity contribution in [2.24, 2.45) is 5.16 Å². The zero-order valence-corrected chi connectivity index (χ0v) is 13.0. The summed E-state index contributed by atoms with van der Waals surface area (Å²) in [4.78, 5) is 5.32. The molecule has 0 heterocycles. The molecule has 0 aliphatic rings. The summed E-state index contributed by atoms with van der Waals surface area (Å²) in [5, 5.41) is 14.1. The lowest BCUT2D eigenvalue weighted by molar-refractivity contribution is 0.126. The summed E-state index contributed by atoms with van der Waals surface area (Å²) in [6.07, 6.45) is 1.77. The number of nitrogens with zero attached hydrogens (tertiary/aromatic N) is 1. The first-order chi connectivity index (χ1) is 10.7. The Hall–Kier alpha value is -2.13. The summed E-state index contributed by atoms with van der Waals surface area (Å²) < 4.78 is 0. The summed E-state index contributed by atoms with van der Waals surface area (Å²) in [5.74, 6) is 0. The SMILES string of the molecule is C/C(CC(O)CCc1ccccc1)=N\OCc1ccccc1. The van der Waals surface area contributed by atoms with Crippen LogP contribution in [0.4, 0.5) is 0 Å². The fraction of sp³-hybridized carbons (Fsp3) is 0.316. The van der Waals surface area contributed by atoms with E-state index in [0.29, 0.717) is 13.0 Å². The molecular formula is C19H23NO2. The third kappa shape index (κ3) is 6.10. The van der Waals surface area contributed by atoms with Crippen molar-refractivity contribution in [2.45, 2.75) is 38.9 Å². The molecule has 1 unspecified atom stereocenters. The van der Waals surface area contributed by atoms with Crippen LogP contribution in [0.2, 0.25) is 0 Å². The highest BCUT2D eigenvalue weighted by atomic mass is 16.6. The van der Waals surface area contributed by atoms with Gasteiger partial charge in [-0.1, -0.05) is 65.8 Å². The van der Waals surface area contributed by atoms with Gasteiger partial charge in [-0.25, -0.2) is 0 Å². The minimum absolute atomic E-state index is 0.385. The van der Waals surface area contributed by atoms with E-state index < -0.39 is 0 Å². The molecule has 0 aromatic heterocycles. The van der Waals surface area contributed by atoms with Gasteiger partial charge in [-0.05, 0) is 30.9 Å². The molecule has 3 heteroatoms. The number of rotatable bonds is 8. The first-order valence-electron chi connectivity index (χ1n) is 7.65. The zero-order valence-electron chi connectivity index (χ0n) is 13.0. The number of hydrogen-bond acceptors (Lipinski definition) is 3. The Labute approximate surface area is 132 Å². The van der Waals surface area contributed by atoms with E-state index in [-0.39, 0.29) is 6.10 Å². The molecule has 0 fully saturated rings. The van der Waals surface area contributed by atoms with Gasteiger partial charge < -0.3 is 9.94 Å². The van der Waals surface area contributed by atoms with Crippen LogP contribution in [0.25, 0.3) is 0 Å². The van der Waals surface area contributed by atoms with E-state index in [9.17, 15) is 5.11 Å². The Morgan fingerprint density at radius 3 is 2.23 bits per heavy atom. The van der Waals surface area contributed by atoms with Crippen LogP contribution in [0, 0.1) is 0 Å². The Balaban J connectivity index is 1.69. The lowest BCUT2D eigenvalue weighted by atomic mass is 10.0. The van der Waals surface area contributed by atoms with Gasteiger partial charge in [0.15, 0.2) is 0 Å². The summed E-state index contributed by atoms with van der Waals surface area (Å²) >= 11 is 0. The Bertz CT molecular complexity index is 567. The maximum absolute atomic E-state index is 10.1. The highest BCUT2D eigenvalue weighted by Gasteiger charge is 2.07. The van der Waals surface area contributed by atoms with Gasteiger partial charge in [0.25, 0.3) is 0 Å². The van der Waals surface area contributed by atoms with Crippen molar-refractivity contribution in [2.75, 3.05) is 0 Å². The first kappa shape index (κ1) is 16.2. The van der Waals surface area contributed by atoms with Crippen molar-refractivity contribution in [3.05, 3.63) is 71.8 Å². The molecule has 3 nitrogen and oxygen atoms in total.